The third-order valence-corrected chi connectivity index (χ3v) is 4.42. The van der Waals surface area contributed by atoms with Crippen molar-refractivity contribution in [1.29, 1.82) is 0 Å². The van der Waals surface area contributed by atoms with E-state index < -0.39 is 0 Å². The highest BCUT2D eigenvalue weighted by atomic mass is 79.9. The molecule has 0 aliphatic carbocycles. The van der Waals surface area contributed by atoms with Gasteiger partial charge in [-0.05, 0) is 29.2 Å². The van der Waals surface area contributed by atoms with Crippen LogP contribution in [0.2, 0.25) is 0 Å². The highest BCUT2D eigenvalue weighted by Crippen LogP contribution is 2.26. The molecular formula is C17H16BrNO2. The number of amides is 1. The van der Waals surface area contributed by atoms with Gasteiger partial charge in [0.2, 0.25) is 0 Å². The molecule has 3 nitrogen and oxygen atoms in total. The predicted octanol–water partition coefficient (Wildman–Crippen LogP) is 4.14. The van der Waals surface area contributed by atoms with Gasteiger partial charge in [0.25, 0.3) is 0 Å². The second-order valence-corrected chi connectivity index (χ2v) is 5.94. The molecule has 0 saturated heterocycles. The molecule has 0 unspecified atom stereocenters. The highest BCUT2D eigenvalue weighted by Gasteiger charge is 2.23. The van der Waals surface area contributed by atoms with Gasteiger partial charge in [-0.25, -0.2) is 4.79 Å². The molecule has 0 atom stereocenters. The maximum Gasteiger partial charge on any atom is 0.410 e. The van der Waals surface area contributed by atoms with Crippen molar-refractivity contribution in [2.75, 3.05) is 6.54 Å². The molecule has 3 rings (SSSR count). The second kappa shape index (κ2) is 6.31. The Morgan fingerprint density at radius 2 is 1.95 bits per heavy atom. The Morgan fingerprint density at radius 1 is 1.14 bits per heavy atom. The summed E-state index contributed by atoms with van der Waals surface area (Å²) in [4.78, 5) is 13.9. The summed E-state index contributed by atoms with van der Waals surface area (Å²) in [6.07, 6.45) is 0.620. The third kappa shape index (κ3) is 3.27. The van der Waals surface area contributed by atoms with Crippen LogP contribution in [0.5, 0.6) is 0 Å². The highest BCUT2D eigenvalue weighted by molar-refractivity contribution is 9.10. The lowest BCUT2D eigenvalue weighted by Crippen LogP contribution is -2.36. The van der Waals surface area contributed by atoms with E-state index in [9.17, 15) is 4.79 Å². The van der Waals surface area contributed by atoms with Gasteiger partial charge in [-0.3, -0.25) is 0 Å². The Balaban J connectivity index is 1.63. The van der Waals surface area contributed by atoms with Crippen molar-refractivity contribution < 1.29 is 9.53 Å². The maximum absolute atomic E-state index is 12.2. The van der Waals surface area contributed by atoms with Crippen LogP contribution in [0, 0.1) is 0 Å². The van der Waals surface area contributed by atoms with E-state index in [1.54, 1.807) is 4.90 Å². The van der Waals surface area contributed by atoms with E-state index in [-0.39, 0.29) is 6.09 Å². The zero-order valence-corrected chi connectivity index (χ0v) is 13.2. The fraction of sp³-hybridized carbons (Fsp3) is 0.235. The van der Waals surface area contributed by atoms with E-state index in [1.165, 1.54) is 11.1 Å². The molecule has 1 aliphatic heterocycles. The molecule has 0 saturated carbocycles. The molecule has 1 amide bonds. The maximum atomic E-state index is 12.2. The minimum absolute atomic E-state index is 0.250. The number of rotatable bonds is 2. The van der Waals surface area contributed by atoms with Crippen LogP contribution in [0.15, 0.2) is 53.0 Å². The zero-order chi connectivity index (χ0) is 14.7. The fourth-order valence-electron chi connectivity index (χ4n) is 2.51. The molecule has 21 heavy (non-hydrogen) atoms. The van der Waals surface area contributed by atoms with Crippen molar-refractivity contribution in [3.8, 4) is 0 Å². The summed E-state index contributed by atoms with van der Waals surface area (Å²) in [7, 11) is 0. The number of nitrogens with zero attached hydrogens (tertiary/aromatic N) is 1. The Bertz CT molecular complexity index is 642. The minimum Gasteiger partial charge on any atom is -0.445 e. The van der Waals surface area contributed by atoms with Crippen LogP contribution < -0.4 is 0 Å². The Morgan fingerprint density at radius 3 is 2.76 bits per heavy atom. The molecule has 1 aliphatic rings. The van der Waals surface area contributed by atoms with Crippen LogP contribution in [0.4, 0.5) is 4.79 Å². The summed E-state index contributed by atoms with van der Waals surface area (Å²) >= 11 is 3.56. The van der Waals surface area contributed by atoms with Gasteiger partial charge in [0.05, 0.1) is 6.54 Å². The third-order valence-electron chi connectivity index (χ3n) is 3.68. The van der Waals surface area contributed by atoms with Crippen molar-refractivity contribution in [2.45, 2.75) is 19.6 Å². The van der Waals surface area contributed by atoms with Crippen LogP contribution in [0.1, 0.15) is 16.7 Å². The lowest BCUT2D eigenvalue weighted by Gasteiger charge is -2.28. The first-order valence-electron chi connectivity index (χ1n) is 6.96. The number of benzene rings is 2. The van der Waals surface area contributed by atoms with Gasteiger partial charge in [-0.1, -0.05) is 58.4 Å². The number of carbonyl (C=O) groups excluding carboxylic acids is 1. The molecule has 0 aromatic heterocycles. The fourth-order valence-corrected chi connectivity index (χ4v) is 3.04. The molecule has 0 N–H and O–H groups in total. The minimum atomic E-state index is -0.250. The molecule has 0 fully saturated rings. The normalized spacial score (nSPS) is 13.7. The number of halogens is 1. The lowest BCUT2D eigenvalue weighted by molar-refractivity contribution is 0.0918. The summed E-state index contributed by atoms with van der Waals surface area (Å²) in [6.45, 7) is 1.63. The van der Waals surface area contributed by atoms with E-state index in [2.05, 4.69) is 22.0 Å². The standard InChI is InChI=1S/C17H16BrNO2/c18-16-8-4-7-14-9-10-19(11-15(14)16)17(20)21-12-13-5-2-1-3-6-13/h1-8H,9-12H2. The first-order valence-corrected chi connectivity index (χ1v) is 7.75. The van der Waals surface area contributed by atoms with Crippen LogP contribution in [0.25, 0.3) is 0 Å². The summed E-state index contributed by atoms with van der Waals surface area (Å²) in [6, 6.07) is 15.9. The molecule has 2 aromatic carbocycles. The lowest BCUT2D eigenvalue weighted by atomic mass is 10.0. The summed E-state index contributed by atoms with van der Waals surface area (Å²) in [5, 5.41) is 0. The molecule has 0 spiro atoms. The SMILES string of the molecule is O=C(OCc1ccccc1)N1CCc2cccc(Br)c2C1. The van der Waals surface area contributed by atoms with Crippen molar-refractivity contribution in [3.05, 3.63) is 69.7 Å². The topological polar surface area (TPSA) is 29.5 Å². The van der Waals surface area contributed by atoms with E-state index in [1.807, 2.05) is 42.5 Å². The summed E-state index contributed by atoms with van der Waals surface area (Å²) in [5.41, 5.74) is 3.49. The van der Waals surface area contributed by atoms with Crippen LogP contribution in [-0.4, -0.2) is 17.5 Å². The number of fused-ring (bicyclic) bond motifs is 1. The Hall–Kier alpha value is -1.81. The molecule has 108 valence electrons. The van der Waals surface area contributed by atoms with Crippen molar-refractivity contribution in [2.24, 2.45) is 0 Å². The first-order chi connectivity index (χ1) is 10.2. The van der Waals surface area contributed by atoms with Crippen LogP contribution >= 0.6 is 15.9 Å². The van der Waals surface area contributed by atoms with E-state index in [0.29, 0.717) is 19.7 Å². The molecule has 0 radical (unpaired) electrons. The van der Waals surface area contributed by atoms with Gasteiger partial charge in [0, 0.05) is 11.0 Å². The van der Waals surface area contributed by atoms with Gasteiger partial charge in [0.15, 0.2) is 0 Å². The average Bonchev–Trinajstić information content (AvgIpc) is 2.54. The molecule has 4 heteroatoms. The first kappa shape index (κ1) is 14.1. The zero-order valence-electron chi connectivity index (χ0n) is 11.6. The largest absolute Gasteiger partial charge is 0.445 e. The average molecular weight is 346 g/mol. The number of ether oxygens (including phenoxy) is 1. The predicted molar refractivity (Wildman–Crippen MR) is 84.9 cm³/mol. The van der Waals surface area contributed by atoms with Crippen LogP contribution in [-0.2, 0) is 24.3 Å². The monoisotopic (exact) mass is 345 g/mol. The molecular weight excluding hydrogens is 330 g/mol. The van der Waals surface area contributed by atoms with Crippen molar-refractivity contribution >= 4 is 22.0 Å². The summed E-state index contributed by atoms with van der Waals surface area (Å²) < 4.78 is 6.45. The Kier molecular flexibility index (Phi) is 4.25. The molecule has 0 bridgehead atoms. The number of hydrogen-bond donors (Lipinski definition) is 0. The number of hydrogen-bond acceptors (Lipinski definition) is 2. The quantitative estimate of drug-likeness (QED) is 0.818. The van der Waals surface area contributed by atoms with Gasteiger partial charge >= 0.3 is 6.09 Å². The molecule has 2 aromatic rings. The van der Waals surface area contributed by atoms with Crippen molar-refractivity contribution in [1.82, 2.24) is 4.90 Å². The van der Waals surface area contributed by atoms with E-state index >= 15 is 0 Å². The van der Waals surface area contributed by atoms with Gasteiger partial charge in [0.1, 0.15) is 6.61 Å². The summed E-state index contributed by atoms with van der Waals surface area (Å²) in [5.74, 6) is 0. The van der Waals surface area contributed by atoms with Gasteiger partial charge in [-0.15, -0.1) is 0 Å². The number of carbonyl (C=O) groups is 1. The van der Waals surface area contributed by atoms with Crippen molar-refractivity contribution in [3.63, 3.8) is 0 Å². The second-order valence-electron chi connectivity index (χ2n) is 5.09. The smallest absolute Gasteiger partial charge is 0.410 e. The van der Waals surface area contributed by atoms with E-state index in [4.69, 9.17) is 4.74 Å². The van der Waals surface area contributed by atoms with Crippen LogP contribution in [0.3, 0.4) is 0 Å². The Labute approximate surface area is 132 Å². The van der Waals surface area contributed by atoms with Gasteiger partial charge < -0.3 is 9.64 Å². The van der Waals surface area contributed by atoms with Gasteiger partial charge in [-0.2, -0.15) is 0 Å². The molecule has 1 heterocycles. The van der Waals surface area contributed by atoms with E-state index in [0.717, 1.165) is 16.5 Å².